The molecule has 1 amide bonds. The summed E-state index contributed by atoms with van der Waals surface area (Å²) in [7, 11) is 0. The van der Waals surface area contributed by atoms with Crippen LogP contribution in [0.5, 0.6) is 0 Å². The number of nitrogens with one attached hydrogen (secondary N) is 2. The second-order valence-electron chi connectivity index (χ2n) is 5.42. The van der Waals surface area contributed by atoms with Crippen molar-refractivity contribution in [1.82, 2.24) is 20.7 Å². The summed E-state index contributed by atoms with van der Waals surface area (Å²) in [6.07, 6.45) is 5.13. The molecule has 116 valence electrons. The SMILES string of the molecule is O=C(NCCOC1CCCC1)c1n[nH]nc1-c1ccccc1. The molecule has 1 saturated carbocycles. The lowest BCUT2D eigenvalue weighted by atomic mass is 10.1. The van der Waals surface area contributed by atoms with E-state index in [1.807, 2.05) is 30.3 Å². The maximum absolute atomic E-state index is 12.2. The molecule has 1 aromatic heterocycles. The van der Waals surface area contributed by atoms with Crippen LogP contribution in [0.4, 0.5) is 0 Å². The molecule has 1 aromatic carbocycles. The van der Waals surface area contributed by atoms with Crippen molar-refractivity contribution in [3.63, 3.8) is 0 Å². The molecule has 2 aromatic rings. The largest absolute Gasteiger partial charge is 0.376 e. The molecule has 6 heteroatoms. The normalized spacial score (nSPS) is 15.1. The van der Waals surface area contributed by atoms with Crippen molar-refractivity contribution in [3.8, 4) is 11.3 Å². The number of H-pyrrole nitrogens is 1. The third-order valence-electron chi connectivity index (χ3n) is 3.85. The Hall–Kier alpha value is -2.21. The first-order valence-corrected chi connectivity index (χ1v) is 7.70. The van der Waals surface area contributed by atoms with Gasteiger partial charge in [-0.15, -0.1) is 0 Å². The second kappa shape index (κ2) is 7.17. The number of aromatic nitrogens is 3. The van der Waals surface area contributed by atoms with E-state index in [2.05, 4.69) is 20.7 Å². The Balaban J connectivity index is 1.53. The fraction of sp³-hybridized carbons (Fsp3) is 0.438. The van der Waals surface area contributed by atoms with Crippen LogP contribution in [0.15, 0.2) is 30.3 Å². The minimum absolute atomic E-state index is 0.234. The monoisotopic (exact) mass is 300 g/mol. The van der Waals surface area contributed by atoms with Gasteiger partial charge in [0.05, 0.1) is 12.7 Å². The van der Waals surface area contributed by atoms with Crippen molar-refractivity contribution >= 4 is 5.91 Å². The summed E-state index contributed by atoms with van der Waals surface area (Å²) in [5.41, 5.74) is 1.74. The maximum atomic E-state index is 12.2. The van der Waals surface area contributed by atoms with Gasteiger partial charge >= 0.3 is 0 Å². The van der Waals surface area contributed by atoms with Gasteiger partial charge in [-0.2, -0.15) is 15.4 Å². The molecule has 3 rings (SSSR count). The standard InChI is InChI=1S/C16H20N4O2/c21-16(17-10-11-22-13-8-4-5-9-13)15-14(18-20-19-15)12-6-2-1-3-7-12/h1-3,6-7,13H,4-5,8-11H2,(H,17,21)(H,18,19,20). The van der Waals surface area contributed by atoms with Gasteiger partial charge in [0.25, 0.3) is 5.91 Å². The van der Waals surface area contributed by atoms with Gasteiger partial charge in [-0.3, -0.25) is 4.79 Å². The second-order valence-corrected chi connectivity index (χ2v) is 5.42. The van der Waals surface area contributed by atoms with Crippen LogP contribution < -0.4 is 5.32 Å². The molecule has 6 nitrogen and oxygen atoms in total. The number of aromatic amines is 1. The molecule has 1 heterocycles. The Morgan fingerprint density at radius 1 is 1.23 bits per heavy atom. The van der Waals surface area contributed by atoms with Crippen molar-refractivity contribution in [1.29, 1.82) is 0 Å². The van der Waals surface area contributed by atoms with E-state index < -0.39 is 0 Å². The minimum Gasteiger partial charge on any atom is -0.376 e. The van der Waals surface area contributed by atoms with Gasteiger partial charge in [0.2, 0.25) is 0 Å². The zero-order valence-corrected chi connectivity index (χ0v) is 12.4. The van der Waals surface area contributed by atoms with E-state index >= 15 is 0 Å². The Morgan fingerprint density at radius 2 is 2.00 bits per heavy atom. The number of amides is 1. The smallest absolute Gasteiger partial charge is 0.274 e. The highest BCUT2D eigenvalue weighted by Crippen LogP contribution is 2.21. The molecule has 0 saturated heterocycles. The number of nitrogens with zero attached hydrogens (tertiary/aromatic N) is 2. The molecule has 22 heavy (non-hydrogen) atoms. The molecule has 0 bridgehead atoms. The van der Waals surface area contributed by atoms with Gasteiger partial charge < -0.3 is 10.1 Å². The maximum Gasteiger partial charge on any atom is 0.274 e. The topological polar surface area (TPSA) is 79.9 Å². The molecule has 1 aliphatic carbocycles. The van der Waals surface area contributed by atoms with Crippen LogP contribution in [-0.4, -0.2) is 40.6 Å². The quantitative estimate of drug-likeness (QED) is 0.801. The first-order valence-electron chi connectivity index (χ1n) is 7.70. The zero-order chi connectivity index (χ0) is 15.2. The van der Waals surface area contributed by atoms with E-state index in [0.717, 1.165) is 18.4 Å². The lowest BCUT2D eigenvalue weighted by Gasteiger charge is -2.11. The fourth-order valence-corrected chi connectivity index (χ4v) is 2.72. The van der Waals surface area contributed by atoms with E-state index in [1.165, 1.54) is 12.8 Å². The van der Waals surface area contributed by atoms with Crippen molar-refractivity contribution in [2.24, 2.45) is 0 Å². The Morgan fingerprint density at radius 3 is 2.77 bits per heavy atom. The molecule has 2 N–H and O–H groups in total. The van der Waals surface area contributed by atoms with Crippen LogP contribution in [0.1, 0.15) is 36.2 Å². The summed E-state index contributed by atoms with van der Waals surface area (Å²) >= 11 is 0. The van der Waals surface area contributed by atoms with Gasteiger partial charge in [-0.1, -0.05) is 43.2 Å². The average Bonchev–Trinajstić information content (AvgIpc) is 3.23. The van der Waals surface area contributed by atoms with Crippen molar-refractivity contribution in [3.05, 3.63) is 36.0 Å². The summed E-state index contributed by atoms with van der Waals surface area (Å²) in [4.78, 5) is 12.2. The molecule has 1 aliphatic rings. The molecule has 1 fully saturated rings. The van der Waals surface area contributed by atoms with E-state index in [9.17, 15) is 4.79 Å². The molecular weight excluding hydrogens is 280 g/mol. The molecular formula is C16H20N4O2. The lowest BCUT2D eigenvalue weighted by Crippen LogP contribution is -2.29. The van der Waals surface area contributed by atoms with Crippen LogP contribution in [0.2, 0.25) is 0 Å². The van der Waals surface area contributed by atoms with Gasteiger partial charge in [0.15, 0.2) is 5.69 Å². The molecule has 0 atom stereocenters. The lowest BCUT2D eigenvalue weighted by molar-refractivity contribution is 0.0581. The number of rotatable bonds is 6. The summed E-state index contributed by atoms with van der Waals surface area (Å²) in [6.45, 7) is 1.02. The number of hydrogen-bond donors (Lipinski definition) is 2. The molecule has 0 unspecified atom stereocenters. The van der Waals surface area contributed by atoms with Crippen LogP contribution >= 0.6 is 0 Å². The third kappa shape index (κ3) is 3.51. The predicted molar refractivity (Wildman–Crippen MR) is 82.4 cm³/mol. The number of carbonyl (C=O) groups is 1. The van der Waals surface area contributed by atoms with Gasteiger partial charge in [-0.05, 0) is 12.8 Å². The third-order valence-corrected chi connectivity index (χ3v) is 3.85. The number of carbonyl (C=O) groups excluding carboxylic acids is 1. The van der Waals surface area contributed by atoms with Crippen molar-refractivity contribution in [2.75, 3.05) is 13.2 Å². The first-order chi connectivity index (χ1) is 10.8. The highest BCUT2D eigenvalue weighted by Gasteiger charge is 2.18. The number of hydrogen-bond acceptors (Lipinski definition) is 4. The number of ether oxygens (including phenoxy) is 1. The highest BCUT2D eigenvalue weighted by molar-refractivity contribution is 5.97. The van der Waals surface area contributed by atoms with E-state index in [4.69, 9.17) is 4.74 Å². The zero-order valence-electron chi connectivity index (χ0n) is 12.4. The Labute approximate surface area is 129 Å². The highest BCUT2D eigenvalue weighted by atomic mass is 16.5. The minimum atomic E-state index is -0.234. The molecule has 0 radical (unpaired) electrons. The molecule has 0 aliphatic heterocycles. The van der Waals surface area contributed by atoms with E-state index in [1.54, 1.807) is 0 Å². The van der Waals surface area contributed by atoms with Crippen molar-refractivity contribution < 1.29 is 9.53 Å². The summed E-state index contributed by atoms with van der Waals surface area (Å²) in [6, 6.07) is 9.53. The summed E-state index contributed by atoms with van der Waals surface area (Å²) < 4.78 is 5.73. The van der Waals surface area contributed by atoms with Gasteiger partial charge in [0, 0.05) is 12.1 Å². The van der Waals surface area contributed by atoms with Gasteiger partial charge in [-0.25, -0.2) is 0 Å². The fourth-order valence-electron chi connectivity index (χ4n) is 2.72. The van der Waals surface area contributed by atoms with E-state index in [-0.39, 0.29) is 5.91 Å². The summed E-state index contributed by atoms with van der Waals surface area (Å²) in [5, 5.41) is 13.4. The van der Waals surface area contributed by atoms with Crippen molar-refractivity contribution in [2.45, 2.75) is 31.8 Å². The predicted octanol–water partition coefficient (Wildman–Crippen LogP) is 2.16. The van der Waals surface area contributed by atoms with Crippen LogP contribution in [0.3, 0.4) is 0 Å². The Bertz CT molecular complexity index is 606. The Kier molecular flexibility index (Phi) is 4.80. The number of benzene rings is 1. The molecule has 0 spiro atoms. The average molecular weight is 300 g/mol. The van der Waals surface area contributed by atoms with Crippen LogP contribution in [-0.2, 0) is 4.74 Å². The first kappa shape index (κ1) is 14.7. The van der Waals surface area contributed by atoms with E-state index in [0.29, 0.717) is 30.6 Å². The van der Waals surface area contributed by atoms with Gasteiger partial charge in [0.1, 0.15) is 5.69 Å². The van der Waals surface area contributed by atoms with Crippen LogP contribution in [0.25, 0.3) is 11.3 Å². The van der Waals surface area contributed by atoms with Crippen LogP contribution in [0, 0.1) is 0 Å². The summed E-state index contributed by atoms with van der Waals surface area (Å²) in [5.74, 6) is -0.234.